The molecule has 0 aliphatic carbocycles. The third-order valence-electron chi connectivity index (χ3n) is 7.44. The lowest BCUT2D eigenvalue weighted by Crippen LogP contribution is -1.97. The van der Waals surface area contributed by atoms with Crippen LogP contribution in [0.4, 0.5) is 0 Å². The normalized spacial score (nSPS) is 11.8. The summed E-state index contributed by atoms with van der Waals surface area (Å²) in [6.45, 7) is 0. The maximum atomic E-state index is 4.77. The first-order valence-corrected chi connectivity index (χ1v) is 12.5. The number of fused-ring (bicyclic) bond motifs is 7. The number of pyridine rings is 2. The molecular formula is C34H21N3. The minimum absolute atomic E-state index is 0.947. The molecule has 0 aliphatic rings. The van der Waals surface area contributed by atoms with Crippen LogP contribution in [0.25, 0.3) is 71.2 Å². The lowest BCUT2D eigenvalue weighted by molar-refractivity contribution is 1.19. The highest BCUT2D eigenvalue weighted by atomic mass is 15.0. The fraction of sp³-hybridized carbons (Fsp3) is 0. The molecule has 0 saturated heterocycles. The van der Waals surface area contributed by atoms with Gasteiger partial charge in [0.1, 0.15) is 0 Å². The first-order chi connectivity index (χ1) is 18.3. The molecule has 0 aliphatic heterocycles. The maximum absolute atomic E-state index is 4.77. The van der Waals surface area contributed by atoms with Crippen molar-refractivity contribution in [1.29, 1.82) is 0 Å². The van der Waals surface area contributed by atoms with Crippen LogP contribution in [-0.4, -0.2) is 14.5 Å². The highest BCUT2D eigenvalue weighted by Crippen LogP contribution is 2.38. The Bertz CT molecular complexity index is 2150. The van der Waals surface area contributed by atoms with Gasteiger partial charge in [0.05, 0.1) is 33.1 Å². The third kappa shape index (κ3) is 3.01. The lowest BCUT2D eigenvalue weighted by atomic mass is 9.99. The molecule has 3 nitrogen and oxygen atoms in total. The fourth-order valence-electron chi connectivity index (χ4n) is 5.72. The van der Waals surface area contributed by atoms with E-state index in [4.69, 9.17) is 9.97 Å². The molecule has 8 aromatic rings. The summed E-state index contributed by atoms with van der Waals surface area (Å²) in [6, 6.07) is 41.1. The fourth-order valence-corrected chi connectivity index (χ4v) is 5.72. The Morgan fingerprint density at radius 3 is 2.27 bits per heavy atom. The maximum Gasteiger partial charge on any atom is 0.0832 e. The number of para-hydroxylation sites is 1. The highest BCUT2D eigenvalue weighted by Gasteiger charge is 2.17. The molecule has 172 valence electrons. The summed E-state index contributed by atoms with van der Waals surface area (Å²) >= 11 is 0. The topological polar surface area (TPSA) is 30.7 Å². The second kappa shape index (κ2) is 7.74. The summed E-state index contributed by atoms with van der Waals surface area (Å²) in [6.07, 6.45) is 3.77. The van der Waals surface area contributed by atoms with Gasteiger partial charge in [-0.3, -0.25) is 9.97 Å². The van der Waals surface area contributed by atoms with E-state index < -0.39 is 0 Å². The van der Waals surface area contributed by atoms with E-state index in [0.29, 0.717) is 0 Å². The molecule has 3 heterocycles. The number of rotatable bonds is 2. The van der Waals surface area contributed by atoms with Gasteiger partial charge in [-0.05, 0) is 70.4 Å². The van der Waals surface area contributed by atoms with Crippen LogP contribution in [0.1, 0.15) is 0 Å². The van der Waals surface area contributed by atoms with Crippen molar-refractivity contribution in [1.82, 2.24) is 14.5 Å². The second-order valence-electron chi connectivity index (χ2n) is 9.52. The second-order valence-corrected chi connectivity index (χ2v) is 9.52. The SMILES string of the molecule is c1ccc2cc(-c3ccc4c(c3)c3ccccc3n4-c3cccc4ncc5cccnc5c34)ccc2c1. The zero-order valence-electron chi connectivity index (χ0n) is 20.0. The highest BCUT2D eigenvalue weighted by molar-refractivity contribution is 6.14. The van der Waals surface area contributed by atoms with Crippen LogP contribution in [0, 0.1) is 0 Å². The summed E-state index contributed by atoms with van der Waals surface area (Å²) in [7, 11) is 0. The standard InChI is InChI=1S/C34H21N3/c1-2-8-23-19-24(15-14-22(23)7-1)25-16-17-31-28(20-25)27-10-3-4-12-30(27)37(31)32-13-5-11-29-33(32)34-26(21-36-29)9-6-18-35-34/h1-21H. The first-order valence-electron chi connectivity index (χ1n) is 12.5. The smallest absolute Gasteiger partial charge is 0.0832 e. The molecule has 0 saturated carbocycles. The summed E-state index contributed by atoms with van der Waals surface area (Å²) < 4.78 is 2.37. The van der Waals surface area contributed by atoms with E-state index in [0.717, 1.165) is 27.5 Å². The van der Waals surface area contributed by atoms with E-state index in [-0.39, 0.29) is 0 Å². The zero-order chi connectivity index (χ0) is 24.3. The number of hydrogen-bond acceptors (Lipinski definition) is 2. The molecule has 5 aromatic carbocycles. The van der Waals surface area contributed by atoms with E-state index in [2.05, 4.69) is 114 Å². The van der Waals surface area contributed by atoms with Crippen LogP contribution in [0.2, 0.25) is 0 Å². The first kappa shape index (κ1) is 20.2. The molecule has 0 radical (unpaired) electrons. The molecule has 0 fully saturated rings. The van der Waals surface area contributed by atoms with Crippen LogP contribution in [0.15, 0.2) is 128 Å². The molecule has 0 spiro atoms. The van der Waals surface area contributed by atoms with Crippen molar-refractivity contribution in [2.75, 3.05) is 0 Å². The largest absolute Gasteiger partial charge is 0.308 e. The summed E-state index contributed by atoms with van der Waals surface area (Å²) in [5.74, 6) is 0. The summed E-state index contributed by atoms with van der Waals surface area (Å²) in [4.78, 5) is 9.53. The number of benzene rings is 5. The average molecular weight is 472 g/mol. The van der Waals surface area contributed by atoms with Crippen molar-refractivity contribution in [3.05, 3.63) is 128 Å². The van der Waals surface area contributed by atoms with Crippen molar-refractivity contribution in [3.63, 3.8) is 0 Å². The van der Waals surface area contributed by atoms with Gasteiger partial charge in [-0.1, -0.05) is 66.7 Å². The van der Waals surface area contributed by atoms with Gasteiger partial charge in [-0.2, -0.15) is 0 Å². The molecule has 3 heteroatoms. The molecule has 0 amide bonds. The van der Waals surface area contributed by atoms with E-state index in [1.165, 1.54) is 43.7 Å². The summed E-state index contributed by atoms with van der Waals surface area (Å²) in [5.41, 5.74) is 7.80. The molecule has 0 unspecified atom stereocenters. The Morgan fingerprint density at radius 2 is 1.30 bits per heavy atom. The van der Waals surface area contributed by atoms with E-state index in [1.54, 1.807) is 0 Å². The van der Waals surface area contributed by atoms with Crippen LogP contribution in [-0.2, 0) is 0 Å². The van der Waals surface area contributed by atoms with Gasteiger partial charge in [0.2, 0.25) is 0 Å². The number of aromatic nitrogens is 3. The quantitative estimate of drug-likeness (QED) is 0.236. The van der Waals surface area contributed by atoms with Crippen molar-refractivity contribution < 1.29 is 0 Å². The van der Waals surface area contributed by atoms with Crippen LogP contribution >= 0.6 is 0 Å². The zero-order valence-corrected chi connectivity index (χ0v) is 20.0. The van der Waals surface area contributed by atoms with Gasteiger partial charge in [-0.15, -0.1) is 0 Å². The Balaban J connectivity index is 1.44. The molecule has 0 bridgehead atoms. The van der Waals surface area contributed by atoms with Crippen LogP contribution < -0.4 is 0 Å². The lowest BCUT2D eigenvalue weighted by Gasteiger charge is -2.13. The molecule has 0 N–H and O–H groups in total. The predicted octanol–water partition coefficient (Wildman–Crippen LogP) is 8.70. The Labute approximate surface area is 213 Å². The minimum Gasteiger partial charge on any atom is -0.308 e. The Morgan fingerprint density at radius 1 is 0.514 bits per heavy atom. The molecule has 8 rings (SSSR count). The van der Waals surface area contributed by atoms with Crippen LogP contribution in [0.3, 0.4) is 0 Å². The predicted molar refractivity (Wildman–Crippen MR) is 154 cm³/mol. The number of hydrogen-bond donors (Lipinski definition) is 0. The number of nitrogens with zero attached hydrogens (tertiary/aromatic N) is 3. The molecule has 3 aromatic heterocycles. The van der Waals surface area contributed by atoms with E-state index in [9.17, 15) is 0 Å². The van der Waals surface area contributed by atoms with E-state index >= 15 is 0 Å². The van der Waals surface area contributed by atoms with Gasteiger partial charge in [0.25, 0.3) is 0 Å². The van der Waals surface area contributed by atoms with Gasteiger partial charge in [-0.25, -0.2) is 0 Å². The van der Waals surface area contributed by atoms with Gasteiger partial charge in [0.15, 0.2) is 0 Å². The van der Waals surface area contributed by atoms with Gasteiger partial charge >= 0.3 is 0 Å². The van der Waals surface area contributed by atoms with Gasteiger partial charge in [0, 0.05) is 28.6 Å². The van der Waals surface area contributed by atoms with Crippen molar-refractivity contribution in [2.45, 2.75) is 0 Å². The Kier molecular flexibility index (Phi) is 4.23. The molecule has 0 atom stereocenters. The minimum atomic E-state index is 0.947. The molecule has 37 heavy (non-hydrogen) atoms. The molecular weight excluding hydrogens is 450 g/mol. The van der Waals surface area contributed by atoms with Crippen molar-refractivity contribution >= 4 is 54.4 Å². The van der Waals surface area contributed by atoms with Gasteiger partial charge < -0.3 is 4.57 Å². The summed E-state index contributed by atoms with van der Waals surface area (Å²) in [5, 5.41) is 7.10. The van der Waals surface area contributed by atoms with Crippen LogP contribution in [0.5, 0.6) is 0 Å². The van der Waals surface area contributed by atoms with Crippen molar-refractivity contribution in [2.24, 2.45) is 0 Å². The Hall–Kier alpha value is -5.02. The third-order valence-corrected chi connectivity index (χ3v) is 7.44. The average Bonchev–Trinajstić information content (AvgIpc) is 3.30. The monoisotopic (exact) mass is 471 g/mol. The van der Waals surface area contributed by atoms with E-state index in [1.807, 2.05) is 18.5 Å². The van der Waals surface area contributed by atoms with Crippen molar-refractivity contribution in [3.8, 4) is 16.8 Å².